The van der Waals surface area contributed by atoms with Gasteiger partial charge in [-0.3, -0.25) is 9.59 Å². The molecular weight excluding hydrogens is 947 g/mol. The summed E-state index contributed by atoms with van der Waals surface area (Å²) in [4.78, 5) is 24.6. The molecule has 3 N–H and O–H groups in total. The van der Waals surface area contributed by atoms with Crippen LogP contribution in [0, 0.1) is 0 Å². The van der Waals surface area contributed by atoms with Gasteiger partial charge in [0.05, 0.1) is 25.4 Å². The molecule has 1 amide bonds. The minimum Gasteiger partial charge on any atom is -0.466 e. The van der Waals surface area contributed by atoms with Crippen molar-refractivity contribution in [2.75, 3.05) is 13.2 Å². The van der Waals surface area contributed by atoms with Gasteiger partial charge in [-0.1, -0.05) is 346 Å². The summed E-state index contributed by atoms with van der Waals surface area (Å²) in [5.74, 6) is -0.0460. The van der Waals surface area contributed by atoms with Gasteiger partial charge in [0.15, 0.2) is 0 Å². The summed E-state index contributed by atoms with van der Waals surface area (Å²) in [5, 5.41) is 23.1. The average Bonchev–Trinajstić information content (AvgIpc) is 3.43. The standard InChI is InChI=1S/C71H137NO5/c1-3-5-7-9-11-13-15-17-18-19-34-37-41-45-49-53-57-61-65-71(76)77-66-62-58-54-50-46-42-38-35-32-30-28-26-24-22-20-21-23-25-27-29-31-33-36-40-44-48-52-56-60-64-70(75)72-68(67-73)69(74)63-59-55-51-47-43-39-16-14-12-10-8-6-4-2/h18-19,59,63,68-69,73-74H,3-17,20-58,60-62,64-67H2,1-2H3,(H,72,75)/b19-18-,63-59+. The number of hydrogen-bond acceptors (Lipinski definition) is 5. The molecule has 6 nitrogen and oxygen atoms in total. The second kappa shape index (κ2) is 66.8. The number of aliphatic hydroxyl groups excluding tert-OH is 2. The van der Waals surface area contributed by atoms with E-state index >= 15 is 0 Å². The van der Waals surface area contributed by atoms with Crippen molar-refractivity contribution < 1.29 is 24.5 Å². The lowest BCUT2D eigenvalue weighted by atomic mass is 10.0. The lowest BCUT2D eigenvalue weighted by Gasteiger charge is -2.20. The average molecular weight is 1080 g/mol. The van der Waals surface area contributed by atoms with Gasteiger partial charge in [0, 0.05) is 12.8 Å². The Hall–Kier alpha value is -1.66. The third-order valence-corrected chi connectivity index (χ3v) is 16.5. The molecule has 0 aromatic carbocycles. The van der Waals surface area contributed by atoms with E-state index in [4.69, 9.17) is 4.74 Å². The van der Waals surface area contributed by atoms with Crippen LogP contribution in [-0.2, 0) is 14.3 Å². The van der Waals surface area contributed by atoms with Crippen LogP contribution in [-0.4, -0.2) is 47.4 Å². The number of allylic oxidation sites excluding steroid dienone is 3. The molecule has 0 radical (unpaired) electrons. The van der Waals surface area contributed by atoms with Crippen molar-refractivity contribution in [1.82, 2.24) is 5.32 Å². The summed E-state index contributed by atoms with van der Waals surface area (Å²) in [5.41, 5.74) is 0. The van der Waals surface area contributed by atoms with E-state index in [-0.39, 0.29) is 18.5 Å². The van der Waals surface area contributed by atoms with Crippen LogP contribution in [0.5, 0.6) is 0 Å². The summed E-state index contributed by atoms with van der Waals surface area (Å²) in [7, 11) is 0. The molecule has 0 fully saturated rings. The van der Waals surface area contributed by atoms with E-state index in [1.54, 1.807) is 6.08 Å². The number of carbonyl (C=O) groups is 2. The van der Waals surface area contributed by atoms with Crippen LogP contribution in [0.2, 0.25) is 0 Å². The van der Waals surface area contributed by atoms with Gasteiger partial charge in [0.2, 0.25) is 5.91 Å². The first-order chi connectivity index (χ1) is 38.0. The van der Waals surface area contributed by atoms with Crippen LogP contribution in [0.15, 0.2) is 24.3 Å². The highest BCUT2D eigenvalue weighted by molar-refractivity contribution is 5.76. The molecule has 0 aliphatic heterocycles. The molecule has 0 saturated carbocycles. The normalized spacial score (nSPS) is 12.6. The summed E-state index contributed by atoms with van der Waals surface area (Å²) in [6.45, 7) is 4.93. The maximum Gasteiger partial charge on any atom is 0.305 e. The minimum absolute atomic E-state index is 0.0168. The molecule has 6 heteroatoms. The van der Waals surface area contributed by atoms with Gasteiger partial charge in [0.25, 0.3) is 0 Å². The number of rotatable bonds is 66. The third-order valence-electron chi connectivity index (χ3n) is 16.5. The van der Waals surface area contributed by atoms with E-state index in [0.717, 1.165) is 44.9 Å². The Morgan fingerprint density at radius 2 is 0.610 bits per heavy atom. The first kappa shape index (κ1) is 75.3. The van der Waals surface area contributed by atoms with Crippen molar-refractivity contribution in [1.29, 1.82) is 0 Å². The predicted molar refractivity (Wildman–Crippen MR) is 338 cm³/mol. The maximum absolute atomic E-state index is 12.5. The first-order valence-electron chi connectivity index (χ1n) is 35.1. The highest BCUT2D eigenvalue weighted by atomic mass is 16.5. The molecule has 0 aromatic rings. The number of nitrogens with one attached hydrogen (secondary N) is 1. The van der Waals surface area contributed by atoms with Crippen molar-refractivity contribution in [2.45, 2.75) is 405 Å². The Labute approximate surface area is 481 Å². The number of amides is 1. The van der Waals surface area contributed by atoms with Gasteiger partial charge in [-0.05, 0) is 57.8 Å². The number of hydrogen-bond donors (Lipinski definition) is 3. The molecule has 456 valence electrons. The summed E-state index contributed by atoms with van der Waals surface area (Å²) < 4.78 is 5.51. The van der Waals surface area contributed by atoms with Crippen LogP contribution in [0.4, 0.5) is 0 Å². The Morgan fingerprint density at radius 3 is 0.922 bits per heavy atom. The topological polar surface area (TPSA) is 95.9 Å². The quantitative estimate of drug-likeness (QED) is 0.0320. The van der Waals surface area contributed by atoms with Gasteiger partial charge >= 0.3 is 5.97 Å². The molecular formula is C71H137NO5. The highest BCUT2D eigenvalue weighted by Crippen LogP contribution is 2.19. The fraction of sp³-hybridized carbons (Fsp3) is 0.915. The van der Waals surface area contributed by atoms with Gasteiger partial charge in [-0.2, -0.15) is 0 Å². The van der Waals surface area contributed by atoms with Gasteiger partial charge in [0.1, 0.15) is 0 Å². The molecule has 0 aromatic heterocycles. The molecule has 77 heavy (non-hydrogen) atoms. The lowest BCUT2D eigenvalue weighted by molar-refractivity contribution is -0.143. The SMILES string of the molecule is CCCCCCCCC/C=C\CCCCCCCCCC(=O)OCCCCCCCCCCCCCCCCCCCCCCCCCCCCCCCC(=O)NC(CO)C(O)/C=C/CCCCCCCCCCCCC. The van der Waals surface area contributed by atoms with Crippen molar-refractivity contribution in [3.8, 4) is 0 Å². The molecule has 0 aliphatic carbocycles. The Kier molecular flexibility index (Phi) is 65.4. The number of carbonyl (C=O) groups excluding carboxylic acids is 2. The third kappa shape index (κ3) is 63.4. The highest BCUT2D eigenvalue weighted by Gasteiger charge is 2.18. The zero-order valence-corrected chi connectivity index (χ0v) is 52.2. The molecule has 0 heterocycles. The van der Waals surface area contributed by atoms with Crippen LogP contribution in [0.25, 0.3) is 0 Å². The van der Waals surface area contributed by atoms with Gasteiger partial charge in [-0.25, -0.2) is 0 Å². The van der Waals surface area contributed by atoms with Crippen molar-refractivity contribution in [3.63, 3.8) is 0 Å². The smallest absolute Gasteiger partial charge is 0.305 e. The molecule has 0 rings (SSSR count). The molecule has 0 spiro atoms. The molecule has 2 unspecified atom stereocenters. The van der Waals surface area contributed by atoms with E-state index in [2.05, 4.69) is 31.3 Å². The predicted octanol–water partition coefficient (Wildman–Crippen LogP) is 22.5. The van der Waals surface area contributed by atoms with Crippen LogP contribution < -0.4 is 5.32 Å². The summed E-state index contributed by atoms with van der Waals surface area (Å²) in [6.07, 6.45) is 84.1. The van der Waals surface area contributed by atoms with E-state index in [9.17, 15) is 19.8 Å². The number of ether oxygens (including phenoxy) is 1. The number of aliphatic hydroxyl groups is 2. The molecule has 0 bridgehead atoms. The zero-order chi connectivity index (χ0) is 55.7. The first-order valence-corrected chi connectivity index (χ1v) is 35.1. The largest absolute Gasteiger partial charge is 0.466 e. The monoisotopic (exact) mass is 1080 g/mol. The Morgan fingerprint density at radius 1 is 0.351 bits per heavy atom. The minimum atomic E-state index is -0.841. The fourth-order valence-electron chi connectivity index (χ4n) is 11.1. The van der Waals surface area contributed by atoms with Gasteiger partial charge in [-0.15, -0.1) is 0 Å². The van der Waals surface area contributed by atoms with Gasteiger partial charge < -0.3 is 20.3 Å². The lowest BCUT2D eigenvalue weighted by Crippen LogP contribution is -2.45. The van der Waals surface area contributed by atoms with E-state index in [1.165, 1.54) is 321 Å². The van der Waals surface area contributed by atoms with Crippen LogP contribution in [0.1, 0.15) is 393 Å². The summed E-state index contributed by atoms with van der Waals surface area (Å²) >= 11 is 0. The second-order valence-electron chi connectivity index (χ2n) is 24.2. The van der Waals surface area contributed by atoms with Crippen molar-refractivity contribution in [3.05, 3.63) is 24.3 Å². The Bertz CT molecular complexity index is 1200. The van der Waals surface area contributed by atoms with E-state index < -0.39 is 12.1 Å². The number of unbranched alkanes of at least 4 members (excludes halogenated alkanes) is 53. The molecule has 2 atom stereocenters. The van der Waals surface area contributed by atoms with Crippen LogP contribution >= 0.6 is 0 Å². The summed E-state index contributed by atoms with van der Waals surface area (Å²) in [6, 6.07) is -0.624. The molecule has 0 saturated heterocycles. The number of esters is 1. The van der Waals surface area contributed by atoms with Crippen LogP contribution in [0.3, 0.4) is 0 Å². The maximum atomic E-state index is 12.5. The molecule has 0 aliphatic rings. The van der Waals surface area contributed by atoms with E-state index in [0.29, 0.717) is 19.4 Å². The van der Waals surface area contributed by atoms with Crippen molar-refractivity contribution in [2.24, 2.45) is 0 Å². The zero-order valence-electron chi connectivity index (χ0n) is 52.2. The van der Waals surface area contributed by atoms with E-state index in [1.807, 2.05) is 6.08 Å². The fourth-order valence-corrected chi connectivity index (χ4v) is 11.1. The Balaban J connectivity index is 3.33. The second-order valence-corrected chi connectivity index (χ2v) is 24.2. The van der Waals surface area contributed by atoms with Crippen molar-refractivity contribution >= 4 is 11.9 Å².